The van der Waals surface area contributed by atoms with Gasteiger partial charge in [-0.15, -0.1) is 0 Å². The van der Waals surface area contributed by atoms with Crippen molar-refractivity contribution in [2.75, 3.05) is 0 Å². The van der Waals surface area contributed by atoms with Crippen LogP contribution in [-0.2, 0) is 4.79 Å². The zero-order chi connectivity index (χ0) is 22.9. The van der Waals surface area contributed by atoms with Gasteiger partial charge in [0.1, 0.15) is 23.3 Å². The van der Waals surface area contributed by atoms with E-state index in [1.54, 1.807) is 0 Å². The summed E-state index contributed by atoms with van der Waals surface area (Å²) >= 11 is 0. The largest absolute Gasteiger partial charge is 0.459 e. The molecule has 0 bridgehead atoms. The van der Waals surface area contributed by atoms with Crippen molar-refractivity contribution in [1.82, 2.24) is 0 Å². The van der Waals surface area contributed by atoms with Gasteiger partial charge in [0.25, 0.3) is 0 Å². The number of aliphatic hydroxyl groups excluding tert-OH is 1. The maximum Gasteiger partial charge on any atom is 0.155 e. The third-order valence-corrected chi connectivity index (χ3v) is 9.47. The van der Waals surface area contributed by atoms with Gasteiger partial charge >= 0.3 is 0 Å². The summed E-state index contributed by atoms with van der Waals surface area (Å²) in [5.74, 6) is 0.764. The van der Waals surface area contributed by atoms with Crippen molar-refractivity contribution in [3.63, 3.8) is 0 Å². The van der Waals surface area contributed by atoms with E-state index in [2.05, 4.69) is 6.58 Å². The van der Waals surface area contributed by atoms with Crippen LogP contribution < -0.4 is 4.74 Å². The Balaban J connectivity index is 1.49. The number of hydrogen-bond donors (Lipinski definition) is 2. The molecule has 0 heterocycles. The highest BCUT2D eigenvalue weighted by molar-refractivity contribution is 5.91. The number of alkyl halides is 1. The van der Waals surface area contributed by atoms with Gasteiger partial charge in [-0.1, -0.05) is 38.6 Å². The number of ether oxygens (including phenoxy) is 1. The number of aliphatic hydroxyl groups is 2. The van der Waals surface area contributed by atoms with Gasteiger partial charge in [-0.2, -0.15) is 0 Å². The molecule has 1 aromatic carbocycles. The molecule has 0 aliphatic heterocycles. The molecule has 0 amide bonds. The van der Waals surface area contributed by atoms with Crippen molar-refractivity contribution in [2.24, 2.45) is 28.6 Å². The molecule has 4 nitrogen and oxygen atoms in total. The highest BCUT2D eigenvalue weighted by atomic mass is 19.1. The second kappa shape index (κ2) is 7.26. The average molecular weight is 441 g/mol. The summed E-state index contributed by atoms with van der Waals surface area (Å²) in [6.07, 6.45) is 2.51. The molecule has 172 valence electrons. The lowest BCUT2D eigenvalue weighted by molar-refractivity contribution is -0.172. The van der Waals surface area contributed by atoms with E-state index in [0.717, 1.165) is 6.42 Å². The molecule has 32 heavy (non-hydrogen) atoms. The number of ketones is 1. The molecule has 0 aromatic heterocycles. The number of rotatable bonds is 3. The summed E-state index contributed by atoms with van der Waals surface area (Å²) in [6, 6.07) is 9.27. The third-order valence-electron chi connectivity index (χ3n) is 9.47. The number of allylic oxidation sites excluding steroid dienone is 1. The van der Waals surface area contributed by atoms with Gasteiger partial charge < -0.3 is 14.9 Å². The number of hydrogen-bond acceptors (Lipinski definition) is 4. The summed E-state index contributed by atoms with van der Waals surface area (Å²) in [4.78, 5) is 12.0. The summed E-state index contributed by atoms with van der Waals surface area (Å²) < 4.78 is 21.4. The molecule has 4 aliphatic rings. The summed E-state index contributed by atoms with van der Waals surface area (Å²) in [5.41, 5.74) is -1.91. The first kappa shape index (κ1) is 21.8. The molecule has 3 fully saturated rings. The number of para-hydroxylation sites is 1. The highest BCUT2D eigenvalue weighted by Crippen LogP contribution is 2.68. The van der Waals surface area contributed by atoms with Gasteiger partial charge in [0, 0.05) is 11.8 Å². The molecule has 2 N–H and O–H groups in total. The van der Waals surface area contributed by atoms with Crippen molar-refractivity contribution in [3.05, 3.63) is 54.3 Å². The zero-order valence-corrected chi connectivity index (χ0v) is 18.9. The van der Waals surface area contributed by atoms with Crippen LogP contribution >= 0.6 is 0 Å². The fraction of sp³-hybridized carbons (Fsp3) is 0.593. The van der Waals surface area contributed by atoms with Crippen LogP contribution in [0.15, 0.2) is 54.3 Å². The molecule has 8 atom stereocenters. The van der Waals surface area contributed by atoms with Crippen molar-refractivity contribution < 1.29 is 24.1 Å². The van der Waals surface area contributed by atoms with Gasteiger partial charge in [-0.05, 0) is 79.1 Å². The molecule has 5 rings (SSSR count). The van der Waals surface area contributed by atoms with Gasteiger partial charge in [0.05, 0.1) is 6.10 Å². The predicted molar refractivity (Wildman–Crippen MR) is 120 cm³/mol. The van der Waals surface area contributed by atoms with Crippen LogP contribution in [0.2, 0.25) is 0 Å². The predicted octanol–water partition coefficient (Wildman–Crippen LogP) is 4.76. The van der Waals surface area contributed by atoms with Crippen LogP contribution in [0.1, 0.15) is 52.4 Å². The zero-order valence-electron chi connectivity index (χ0n) is 18.9. The van der Waals surface area contributed by atoms with E-state index < -0.39 is 28.7 Å². The number of carbonyl (C=O) groups excluding carboxylic acids is 1. The molecule has 1 aromatic rings. The number of halogens is 1. The van der Waals surface area contributed by atoms with E-state index in [4.69, 9.17) is 4.74 Å². The molecule has 5 heteroatoms. The number of carbonyl (C=O) groups is 1. The van der Waals surface area contributed by atoms with E-state index in [9.17, 15) is 15.0 Å². The highest BCUT2D eigenvalue weighted by Gasteiger charge is 2.68. The average Bonchev–Trinajstić information content (AvgIpc) is 3.01. The van der Waals surface area contributed by atoms with E-state index in [1.165, 1.54) is 6.08 Å². The molecule has 4 aliphatic carbocycles. The summed E-state index contributed by atoms with van der Waals surface area (Å²) in [7, 11) is 0. The minimum absolute atomic E-state index is 0.0154. The molecular formula is C27H33FO4. The third kappa shape index (κ3) is 2.90. The Hall–Kier alpha value is -1.98. The van der Waals surface area contributed by atoms with E-state index in [1.807, 2.05) is 44.2 Å². The normalized spacial score (nSPS) is 45.3. The first-order valence-corrected chi connectivity index (χ1v) is 11.8. The lowest BCUT2D eigenvalue weighted by atomic mass is 9.45. The van der Waals surface area contributed by atoms with Crippen molar-refractivity contribution in [3.8, 4) is 5.75 Å². The second-order valence-corrected chi connectivity index (χ2v) is 10.9. The lowest BCUT2D eigenvalue weighted by Crippen LogP contribution is -2.61. The molecule has 3 saturated carbocycles. The van der Waals surface area contributed by atoms with Crippen LogP contribution in [-0.4, -0.2) is 33.9 Å². The number of benzene rings is 1. The topological polar surface area (TPSA) is 66.8 Å². The van der Waals surface area contributed by atoms with Gasteiger partial charge in [0.15, 0.2) is 5.78 Å². The van der Waals surface area contributed by atoms with Crippen LogP contribution in [0, 0.1) is 28.6 Å². The summed E-state index contributed by atoms with van der Waals surface area (Å²) in [6.45, 7) is 8.13. The maximum atomic E-state index is 15.4. The van der Waals surface area contributed by atoms with E-state index in [0.29, 0.717) is 49.2 Å². The van der Waals surface area contributed by atoms with Crippen molar-refractivity contribution in [1.29, 1.82) is 0 Å². The minimum atomic E-state index is -1.30. The van der Waals surface area contributed by atoms with Crippen LogP contribution in [0.25, 0.3) is 0 Å². The smallest absolute Gasteiger partial charge is 0.155 e. The maximum absolute atomic E-state index is 15.4. The van der Waals surface area contributed by atoms with Crippen LogP contribution in [0.5, 0.6) is 5.75 Å². The van der Waals surface area contributed by atoms with Gasteiger partial charge in [-0.25, -0.2) is 4.39 Å². The Labute approximate surface area is 189 Å². The standard InChI is InChI=1S/C27H33FO4/c1-16(32-18-7-5-4-6-8-18)27(31)12-10-20-19-14-22(28)21-13-17(29)9-11-25(21,2)24(19)23(30)15-26(20,27)3/h4-8,13,19-20,22-24,30-31H,1,9-12,14-15H2,2-3H3/t19-,20-,22-,23-,24+,25-,26-,27-/m0/s1. The fourth-order valence-electron chi connectivity index (χ4n) is 7.87. The van der Waals surface area contributed by atoms with E-state index >= 15 is 4.39 Å². The Kier molecular flexibility index (Phi) is 4.96. The Morgan fingerprint density at radius 3 is 2.66 bits per heavy atom. The van der Waals surface area contributed by atoms with Gasteiger partial charge in [0.2, 0.25) is 0 Å². The minimum Gasteiger partial charge on any atom is -0.459 e. The Bertz CT molecular complexity index is 973. The van der Waals surface area contributed by atoms with Crippen LogP contribution in [0.4, 0.5) is 4.39 Å². The SMILES string of the molecule is C=C(Oc1ccccc1)[C@@]1(O)CC[C@H]2[C@@H]3C[C@H](F)C4=CC(=O)CC[C@]4(C)[C@H]3[C@@H](O)C[C@@]21C. The molecule has 0 radical (unpaired) electrons. The first-order chi connectivity index (χ1) is 15.1. The van der Waals surface area contributed by atoms with Crippen molar-refractivity contribution >= 4 is 5.78 Å². The Morgan fingerprint density at radius 2 is 1.94 bits per heavy atom. The van der Waals surface area contributed by atoms with Crippen molar-refractivity contribution in [2.45, 2.75) is 70.2 Å². The lowest BCUT2D eigenvalue weighted by Gasteiger charge is -2.61. The first-order valence-electron chi connectivity index (χ1n) is 11.8. The molecule has 0 saturated heterocycles. The second-order valence-electron chi connectivity index (χ2n) is 10.9. The monoisotopic (exact) mass is 440 g/mol. The number of fused-ring (bicyclic) bond motifs is 5. The molecule has 0 unspecified atom stereocenters. The molecular weight excluding hydrogens is 407 g/mol. The molecule has 0 spiro atoms. The van der Waals surface area contributed by atoms with E-state index in [-0.39, 0.29) is 23.5 Å². The summed E-state index contributed by atoms with van der Waals surface area (Å²) in [5, 5.41) is 23.4. The quantitative estimate of drug-likeness (QED) is 0.665. The Morgan fingerprint density at radius 1 is 1.22 bits per heavy atom. The van der Waals surface area contributed by atoms with Gasteiger partial charge in [-0.3, -0.25) is 4.79 Å². The van der Waals surface area contributed by atoms with Crippen LogP contribution in [0.3, 0.4) is 0 Å². The fourth-order valence-corrected chi connectivity index (χ4v) is 7.87.